The summed E-state index contributed by atoms with van der Waals surface area (Å²) in [7, 11) is -2.13. The maximum atomic E-state index is 12.3. The largest absolute Gasteiger partial charge is 0.700 e. The molecule has 2 heterocycles. The summed E-state index contributed by atoms with van der Waals surface area (Å²) in [4.78, 5) is 11.8. The van der Waals surface area contributed by atoms with E-state index in [1.54, 1.807) is 0 Å². The van der Waals surface area contributed by atoms with Crippen molar-refractivity contribution in [2.24, 2.45) is 11.5 Å². The van der Waals surface area contributed by atoms with Crippen LogP contribution in [0.15, 0.2) is 70.5 Å². The monoisotopic (exact) mass is 635 g/mol. The molecule has 4 N–H and O–H groups in total. The summed E-state index contributed by atoms with van der Waals surface area (Å²) in [5, 5.41) is 0. The van der Waals surface area contributed by atoms with E-state index >= 15 is 0 Å². The molecule has 0 radical (unpaired) electrons. The van der Waals surface area contributed by atoms with Gasteiger partial charge in [0.2, 0.25) is 0 Å². The Labute approximate surface area is 261 Å². The second kappa shape index (κ2) is 19.3. The lowest BCUT2D eigenvalue weighted by molar-refractivity contribution is 0.0379. The fourth-order valence-electron chi connectivity index (χ4n) is 4.88. The highest BCUT2D eigenvalue weighted by Gasteiger charge is 2.27. The first-order valence-electron chi connectivity index (χ1n) is 15.0. The van der Waals surface area contributed by atoms with E-state index in [1.165, 1.54) is 9.79 Å². The lowest BCUT2D eigenvalue weighted by Gasteiger charge is -2.34. The standard InChI is InChI=1S/C30H48N6O3PS2/c31-27(23-41-29-7-3-1-4-8-29)11-13-33-15-19-35(20-16-33)25-38-40(37)39-26-36-21-17-34(18-22-36)14-12-28(32)24-42-30-9-5-2-6-10-30/h1-10,27-28H,11-26,31-32H2/q+1/t27-,28-/m1/s1. The Morgan fingerprint density at radius 2 is 0.976 bits per heavy atom. The number of hydrogen-bond acceptors (Lipinski definition) is 11. The molecule has 2 aromatic carbocycles. The molecule has 0 saturated carbocycles. The van der Waals surface area contributed by atoms with Crippen LogP contribution in [0.5, 0.6) is 0 Å². The van der Waals surface area contributed by atoms with Gasteiger partial charge in [-0.25, -0.2) is 0 Å². The zero-order chi connectivity index (χ0) is 29.4. The van der Waals surface area contributed by atoms with Crippen molar-refractivity contribution >= 4 is 31.8 Å². The quantitative estimate of drug-likeness (QED) is 0.185. The highest BCUT2D eigenvalue weighted by molar-refractivity contribution is 7.99. The van der Waals surface area contributed by atoms with Gasteiger partial charge in [-0.3, -0.25) is 9.80 Å². The summed E-state index contributed by atoms with van der Waals surface area (Å²) >= 11 is 3.65. The van der Waals surface area contributed by atoms with Crippen molar-refractivity contribution in [3.63, 3.8) is 0 Å². The number of nitrogens with two attached hydrogens (primary N) is 2. The Balaban J connectivity index is 0.976. The molecule has 2 fully saturated rings. The smallest absolute Gasteiger partial charge is 0.327 e. The molecule has 9 nitrogen and oxygen atoms in total. The minimum absolute atomic E-state index is 0.188. The van der Waals surface area contributed by atoms with Crippen molar-refractivity contribution in [1.29, 1.82) is 0 Å². The predicted octanol–water partition coefficient (Wildman–Crippen LogP) is 3.85. The van der Waals surface area contributed by atoms with Gasteiger partial charge in [0.05, 0.1) is 0 Å². The molecule has 0 spiro atoms. The number of piperazine rings is 2. The molecule has 2 saturated heterocycles. The van der Waals surface area contributed by atoms with E-state index in [1.807, 2.05) is 35.7 Å². The lowest BCUT2D eigenvalue weighted by Crippen LogP contribution is -2.48. The van der Waals surface area contributed by atoms with E-state index in [4.69, 9.17) is 20.5 Å². The molecule has 42 heavy (non-hydrogen) atoms. The van der Waals surface area contributed by atoms with Gasteiger partial charge < -0.3 is 21.3 Å². The van der Waals surface area contributed by atoms with Crippen LogP contribution in [0.1, 0.15) is 12.8 Å². The molecule has 0 bridgehead atoms. The molecule has 4 rings (SSSR count). The van der Waals surface area contributed by atoms with Crippen LogP contribution in [0.2, 0.25) is 0 Å². The summed E-state index contributed by atoms with van der Waals surface area (Å²) < 4.78 is 23.4. The highest BCUT2D eigenvalue weighted by atomic mass is 32.2. The molecular formula is C30H48N6O3PS2+. The van der Waals surface area contributed by atoms with Crippen LogP contribution < -0.4 is 11.5 Å². The molecule has 0 amide bonds. The first-order chi connectivity index (χ1) is 20.5. The van der Waals surface area contributed by atoms with Crippen molar-refractivity contribution in [2.75, 3.05) is 90.4 Å². The zero-order valence-corrected chi connectivity index (χ0v) is 27.2. The number of benzene rings is 2. The molecule has 0 aromatic heterocycles. The van der Waals surface area contributed by atoms with Crippen molar-refractivity contribution in [3.8, 4) is 0 Å². The van der Waals surface area contributed by atoms with Crippen molar-refractivity contribution in [3.05, 3.63) is 60.7 Å². The average Bonchev–Trinajstić information content (AvgIpc) is 3.04. The van der Waals surface area contributed by atoms with Gasteiger partial charge in [0, 0.05) is 90.3 Å². The fourth-order valence-corrected chi connectivity index (χ4v) is 7.32. The van der Waals surface area contributed by atoms with Crippen LogP contribution in [-0.2, 0) is 13.6 Å². The van der Waals surface area contributed by atoms with Gasteiger partial charge in [0.1, 0.15) is 0 Å². The molecule has 0 aliphatic carbocycles. The Morgan fingerprint density at radius 3 is 1.36 bits per heavy atom. The normalized spacial score (nSPS) is 19.1. The maximum Gasteiger partial charge on any atom is 0.700 e. The number of rotatable bonds is 18. The van der Waals surface area contributed by atoms with E-state index in [2.05, 4.69) is 68.1 Å². The molecule has 2 atom stereocenters. The van der Waals surface area contributed by atoms with Gasteiger partial charge in [0.25, 0.3) is 0 Å². The zero-order valence-electron chi connectivity index (χ0n) is 24.7. The Kier molecular flexibility index (Phi) is 15.6. The van der Waals surface area contributed by atoms with Gasteiger partial charge in [-0.2, -0.15) is 0 Å². The number of hydrogen-bond donors (Lipinski definition) is 2. The van der Waals surface area contributed by atoms with E-state index in [0.29, 0.717) is 13.5 Å². The Hall–Kier alpha value is -1.08. The van der Waals surface area contributed by atoms with E-state index in [-0.39, 0.29) is 12.1 Å². The highest BCUT2D eigenvalue weighted by Crippen LogP contribution is 2.25. The van der Waals surface area contributed by atoms with Crippen molar-refractivity contribution in [1.82, 2.24) is 19.6 Å². The van der Waals surface area contributed by atoms with Crippen molar-refractivity contribution < 1.29 is 13.6 Å². The number of nitrogens with zero attached hydrogens (tertiary/aromatic N) is 4. The number of thioether (sulfide) groups is 2. The third kappa shape index (κ3) is 13.3. The molecule has 2 aliphatic rings. The maximum absolute atomic E-state index is 12.3. The van der Waals surface area contributed by atoms with Crippen LogP contribution >= 0.6 is 31.8 Å². The second-order valence-electron chi connectivity index (χ2n) is 11.0. The van der Waals surface area contributed by atoms with Gasteiger partial charge in [-0.05, 0) is 50.2 Å². The summed E-state index contributed by atoms with van der Waals surface area (Å²) in [6.45, 7) is 10.2. The van der Waals surface area contributed by atoms with Crippen molar-refractivity contribution in [2.45, 2.75) is 34.7 Å². The van der Waals surface area contributed by atoms with Gasteiger partial charge in [-0.1, -0.05) is 36.4 Å². The topological polar surface area (TPSA) is 101 Å². The first kappa shape index (κ1) is 33.8. The minimum Gasteiger partial charge on any atom is -0.327 e. The average molecular weight is 636 g/mol. The van der Waals surface area contributed by atoms with Crippen LogP contribution in [0.25, 0.3) is 0 Å². The molecule has 0 unspecified atom stereocenters. The van der Waals surface area contributed by atoms with E-state index in [9.17, 15) is 4.57 Å². The van der Waals surface area contributed by atoms with Crippen LogP contribution in [-0.4, -0.2) is 122 Å². The molecular weight excluding hydrogens is 587 g/mol. The SMILES string of the molecule is N[C@H](CCN1CCN(CO[P+](=O)OCN2CCN(CC[C@@H](N)CSc3ccccc3)CC2)CC1)CSc1ccccc1. The van der Waals surface area contributed by atoms with Gasteiger partial charge in [-0.15, -0.1) is 32.6 Å². The van der Waals surface area contributed by atoms with Crippen LogP contribution in [0.3, 0.4) is 0 Å². The summed E-state index contributed by atoms with van der Waals surface area (Å²) in [5.74, 6) is 1.87. The van der Waals surface area contributed by atoms with Crippen LogP contribution in [0.4, 0.5) is 0 Å². The molecule has 12 heteroatoms. The van der Waals surface area contributed by atoms with Gasteiger partial charge >= 0.3 is 8.25 Å². The van der Waals surface area contributed by atoms with E-state index < -0.39 is 8.25 Å². The third-order valence-corrected chi connectivity index (χ3v) is 10.7. The third-order valence-electron chi connectivity index (χ3n) is 7.67. The molecule has 232 valence electrons. The van der Waals surface area contributed by atoms with E-state index in [0.717, 1.165) is 89.8 Å². The van der Waals surface area contributed by atoms with Gasteiger partial charge in [0.15, 0.2) is 13.5 Å². The predicted molar refractivity (Wildman–Crippen MR) is 175 cm³/mol. The Bertz CT molecular complexity index is 935. The Morgan fingerprint density at radius 1 is 0.619 bits per heavy atom. The first-order valence-corrected chi connectivity index (χ1v) is 18.1. The van der Waals surface area contributed by atoms with Crippen LogP contribution in [0, 0.1) is 0 Å². The minimum atomic E-state index is -2.13. The lowest BCUT2D eigenvalue weighted by atomic mass is 10.2. The summed E-state index contributed by atoms with van der Waals surface area (Å²) in [6, 6.07) is 21.2. The molecule has 2 aliphatic heterocycles. The summed E-state index contributed by atoms with van der Waals surface area (Å²) in [5.41, 5.74) is 12.7. The second-order valence-corrected chi connectivity index (χ2v) is 14.2. The summed E-state index contributed by atoms with van der Waals surface area (Å²) in [6.07, 6.45) is 1.98. The fraction of sp³-hybridized carbons (Fsp3) is 0.600. The molecule has 2 aromatic rings.